The Morgan fingerprint density at radius 2 is 2.19 bits per heavy atom. The van der Waals surface area contributed by atoms with Crippen molar-refractivity contribution in [1.82, 2.24) is 4.98 Å². The third-order valence-corrected chi connectivity index (χ3v) is 4.63. The zero-order valence-electron chi connectivity index (χ0n) is 11.4. The molecule has 112 valence electrons. The van der Waals surface area contributed by atoms with E-state index in [1.54, 1.807) is 12.3 Å². The molecule has 1 aromatic carbocycles. The molecule has 1 N–H and O–H groups in total. The molecule has 0 spiro atoms. The van der Waals surface area contributed by atoms with Crippen LogP contribution in [0.25, 0.3) is 0 Å². The van der Waals surface area contributed by atoms with Crippen LogP contribution in [0, 0.1) is 5.82 Å². The second-order valence-electron chi connectivity index (χ2n) is 5.10. The minimum atomic E-state index is -0.279. The molecular weight excluding hydrogens is 311 g/mol. The second-order valence-corrected chi connectivity index (χ2v) is 6.80. The van der Waals surface area contributed by atoms with Crippen molar-refractivity contribution in [3.8, 4) is 5.75 Å². The average Bonchev–Trinajstić information content (AvgIpc) is 3.11. The van der Waals surface area contributed by atoms with E-state index in [1.807, 2.05) is 0 Å². The zero-order chi connectivity index (χ0) is 14.7. The number of thiazole rings is 1. The van der Waals surface area contributed by atoms with Crippen LogP contribution in [0.1, 0.15) is 30.6 Å². The van der Waals surface area contributed by atoms with Crippen molar-refractivity contribution in [2.24, 2.45) is 0 Å². The quantitative estimate of drug-likeness (QED) is 0.851. The van der Waals surface area contributed by atoms with E-state index < -0.39 is 0 Å². The van der Waals surface area contributed by atoms with Crippen molar-refractivity contribution in [3.63, 3.8) is 0 Å². The highest BCUT2D eigenvalue weighted by atomic mass is 35.5. The molecule has 0 unspecified atom stereocenters. The van der Waals surface area contributed by atoms with Crippen LogP contribution in [-0.4, -0.2) is 11.1 Å². The molecule has 0 saturated heterocycles. The van der Waals surface area contributed by atoms with Gasteiger partial charge in [0.15, 0.2) is 4.47 Å². The second kappa shape index (κ2) is 6.62. The molecule has 0 amide bonds. The maximum absolute atomic E-state index is 13.5. The topological polar surface area (TPSA) is 34.1 Å². The van der Waals surface area contributed by atoms with E-state index in [0.717, 1.165) is 17.7 Å². The first-order valence-corrected chi connectivity index (χ1v) is 8.20. The Morgan fingerprint density at radius 3 is 2.90 bits per heavy atom. The summed E-state index contributed by atoms with van der Waals surface area (Å²) in [6, 6.07) is 4.58. The van der Waals surface area contributed by atoms with E-state index in [4.69, 9.17) is 16.3 Å². The van der Waals surface area contributed by atoms with Gasteiger partial charge >= 0.3 is 0 Å². The van der Waals surface area contributed by atoms with Gasteiger partial charge in [-0.15, -0.1) is 11.3 Å². The van der Waals surface area contributed by atoms with Crippen LogP contribution in [0.15, 0.2) is 24.4 Å². The molecule has 0 bridgehead atoms. The first kappa shape index (κ1) is 14.6. The average molecular weight is 327 g/mol. The van der Waals surface area contributed by atoms with Crippen LogP contribution in [-0.2, 0) is 6.54 Å². The summed E-state index contributed by atoms with van der Waals surface area (Å²) in [5.41, 5.74) is 0.673. The van der Waals surface area contributed by atoms with Crippen molar-refractivity contribution >= 4 is 28.6 Å². The monoisotopic (exact) mass is 326 g/mol. The minimum Gasteiger partial charge on any atom is -0.488 e. The Kier molecular flexibility index (Phi) is 4.60. The maximum Gasteiger partial charge on any atom is 0.183 e. The van der Waals surface area contributed by atoms with E-state index >= 15 is 0 Å². The summed E-state index contributed by atoms with van der Waals surface area (Å²) < 4.78 is 20.0. The van der Waals surface area contributed by atoms with Crippen LogP contribution >= 0.6 is 22.9 Å². The number of aromatic nitrogens is 1. The minimum absolute atomic E-state index is 0.244. The van der Waals surface area contributed by atoms with Gasteiger partial charge in [0.1, 0.15) is 11.6 Å². The van der Waals surface area contributed by atoms with Crippen molar-refractivity contribution in [3.05, 3.63) is 39.6 Å². The molecular formula is C15H16ClFN2OS. The predicted octanol–water partition coefficient (Wildman–Crippen LogP) is 4.87. The fourth-order valence-electron chi connectivity index (χ4n) is 2.48. The maximum atomic E-state index is 13.5. The highest BCUT2D eigenvalue weighted by molar-refractivity contribution is 7.15. The van der Waals surface area contributed by atoms with E-state index in [1.165, 1.54) is 36.3 Å². The molecule has 3 nitrogen and oxygen atoms in total. The third kappa shape index (κ3) is 3.86. The molecule has 6 heteroatoms. The van der Waals surface area contributed by atoms with Gasteiger partial charge < -0.3 is 10.1 Å². The van der Waals surface area contributed by atoms with Crippen molar-refractivity contribution in [2.75, 3.05) is 5.32 Å². The number of ether oxygens (including phenoxy) is 1. The molecule has 1 heterocycles. The fraction of sp³-hybridized carbons (Fsp3) is 0.400. The standard InChI is InChI=1S/C15H16ClFN2OS/c16-15-19-9-12(21-15)8-18-13-7-10(17)5-6-14(13)20-11-3-1-2-4-11/h5-7,9,11,18H,1-4,8H2. The number of nitrogens with one attached hydrogen (secondary N) is 1. The van der Waals surface area contributed by atoms with Crippen molar-refractivity contribution in [1.29, 1.82) is 0 Å². The Hall–Kier alpha value is -1.33. The summed E-state index contributed by atoms with van der Waals surface area (Å²) >= 11 is 7.21. The highest BCUT2D eigenvalue weighted by Gasteiger charge is 2.18. The van der Waals surface area contributed by atoms with Gasteiger partial charge in [-0.1, -0.05) is 11.6 Å². The Bertz CT molecular complexity index is 613. The van der Waals surface area contributed by atoms with Gasteiger partial charge in [0, 0.05) is 17.1 Å². The summed E-state index contributed by atoms with van der Waals surface area (Å²) in [6.07, 6.45) is 6.51. The summed E-state index contributed by atoms with van der Waals surface area (Å²) in [7, 11) is 0. The lowest BCUT2D eigenvalue weighted by molar-refractivity contribution is 0.211. The van der Waals surface area contributed by atoms with Crippen molar-refractivity contribution < 1.29 is 9.13 Å². The van der Waals surface area contributed by atoms with Gasteiger partial charge in [-0.05, 0) is 37.8 Å². The van der Waals surface area contributed by atoms with Crippen LogP contribution < -0.4 is 10.1 Å². The molecule has 3 rings (SSSR count). The lowest BCUT2D eigenvalue weighted by Crippen LogP contribution is -2.12. The smallest absolute Gasteiger partial charge is 0.183 e. The van der Waals surface area contributed by atoms with E-state index in [0.29, 0.717) is 22.4 Å². The summed E-state index contributed by atoms with van der Waals surface area (Å²) in [6.45, 7) is 0.550. The number of anilines is 1. The molecule has 2 aromatic rings. The molecule has 1 aliphatic rings. The van der Waals surface area contributed by atoms with Gasteiger partial charge in [-0.3, -0.25) is 0 Å². The normalized spacial score (nSPS) is 15.3. The Balaban J connectivity index is 1.71. The summed E-state index contributed by atoms with van der Waals surface area (Å²) in [5, 5.41) is 3.20. The lowest BCUT2D eigenvalue weighted by atomic mass is 10.2. The predicted molar refractivity (Wildman–Crippen MR) is 83.7 cm³/mol. The van der Waals surface area contributed by atoms with Gasteiger partial charge in [0.2, 0.25) is 0 Å². The van der Waals surface area contributed by atoms with E-state index in [2.05, 4.69) is 10.3 Å². The molecule has 21 heavy (non-hydrogen) atoms. The number of halogens is 2. The molecule has 1 fully saturated rings. The number of nitrogens with zero attached hydrogens (tertiary/aromatic N) is 1. The molecule has 1 aromatic heterocycles. The lowest BCUT2D eigenvalue weighted by Gasteiger charge is -2.17. The van der Waals surface area contributed by atoms with Crippen LogP contribution in [0.4, 0.5) is 10.1 Å². The van der Waals surface area contributed by atoms with Gasteiger partial charge in [0.25, 0.3) is 0 Å². The summed E-state index contributed by atoms with van der Waals surface area (Å²) in [5.74, 6) is 0.428. The first-order chi connectivity index (χ1) is 10.2. The number of hydrogen-bond donors (Lipinski definition) is 1. The van der Waals surface area contributed by atoms with Crippen molar-refractivity contribution in [2.45, 2.75) is 38.3 Å². The van der Waals surface area contributed by atoms with Crippen LogP contribution in [0.3, 0.4) is 0 Å². The Morgan fingerprint density at radius 1 is 1.38 bits per heavy atom. The highest BCUT2D eigenvalue weighted by Crippen LogP contribution is 2.31. The van der Waals surface area contributed by atoms with E-state index in [9.17, 15) is 4.39 Å². The number of hydrogen-bond acceptors (Lipinski definition) is 4. The molecule has 0 aliphatic heterocycles. The van der Waals surface area contributed by atoms with Crippen LogP contribution in [0.2, 0.25) is 4.47 Å². The largest absolute Gasteiger partial charge is 0.488 e. The molecule has 0 radical (unpaired) electrons. The molecule has 1 aliphatic carbocycles. The fourth-order valence-corrected chi connectivity index (χ4v) is 3.39. The number of benzene rings is 1. The van der Waals surface area contributed by atoms with Gasteiger partial charge in [-0.2, -0.15) is 0 Å². The number of rotatable bonds is 5. The van der Waals surface area contributed by atoms with Gasteiger partial charge in [-0.25, -0.2) is 9.37 Å². The van der Waals surface area contributed by atoms with Crippen LogP contribution in [0.5, 0.6) is 5.75 Å². The summed E-state index contributed by atoms with van der Waals surface area (Å²) in [4.78, 5) is 4.99. The van der Waals surface area contributed by atoms with E-state index in [-0.39, 0.29) is 11.9 Å². The molecule has 0 atom stereocenters. The third-order valence-electron chi connectivity index (χ3n) is 3.52. The van der Waals surface area contributed by atoms with Gasteiger partial charge in [0.05, 0.1) is 18.3 Å². The Labute approximate surface area is 132 Å². The first-order valence-electron chi connectivity index (χ1n) is 7.01. The zero-order valence-corrected chi connectivity index (χ0v) is 13.0. The molecule has 1 saturated carbocycles. The SMILES string of the molecule is Fc1ccc(OC2CCCC2)c(NCc2cnc(Cl)s2)c1.